The molecule has 0 aliphatic rings. The standard InChI is InChI=1S/C19H38N2O4/c1-10-24-16(22)14(3)21-19(8,9)12-11-13(2)25-17(23)15(4)20-18(5,6)7/h13-15,20-21H,10-12H2,1-9H3/t13?,14-,15-/m0/s1. The quantitative estimate of drug-likeness (QED) is 0.585. The van der Waals surface area contributed by atoms with Gasteiger partial charge in [0.2, 0.25) is 0 Å². The van der Waals surface area contributed by atoms with Gasteiger partial charge in [0.05, 0.1) is 12.7 Å². The van der Waals surface area contributed by atoms with Gasteiger partial charge in [-0.3, -0.25) is 20.2 Å². The molecule has 1 unspecified atom stereocenters. The van der Waals surface area contributed by atoms with Gasteiger partial charge in [0.1, 0.15) is 12.1 Å². The van der Waals surface area contributed by atoms with E-state index in [1.54, 1.807) is 13.8 Å². The summed E-state index contributed by atoms with van der Waals surface area (Å²) in [5, 5.41) is 6.48. The molecule has 6 heteroatoms. The smallest absolute Gasteiger partial charge is 0.323 e. The van der Waals surface area contributed by atoms with E-state index in [0.717, 1.165) is 6.42 Å². The zero-order valence-corrected chi connectivity index (χ0v) is 17.5. The summed E-state index contributed by atoms with van der Waals surface area (Å²) in [6.07, 6.45) is 1.30. The average Bonchev–Trinajstić information content (AvgIpc) is 2.43. The van der Waals surface area contributed by atoms with Crippen molar-refractivity contribution in [2.24, 2.45) is 0 Å². The van der Waals surface area contributed by atoms with Crippen molar-refractivity contribution < 1.29 is 19.1 Å². The topological polar surface area (TPSA) is 76.7 Å². The van der Waals surface area contributed by atoms with Crippen molar-refractivity contribution in [2.45, 2.75) is 104 Å². The first-order chi connectivity index (χ1) is 11.3. The molecule has 25 heavy (non-hydrogen) atoms. The van der Waals surface area contributed by atoms with Gasteiger partial charge in [-0.15, -0.1) is 0 Å². The van der Waals surface area contributed by atoms with Crippen molar-refractivity contribution in [3.63, 3.8) is 0 Å². The van der Waals surface area contributed by atoms with Crippen molar-refractivity contribution >= 4 is 11.9 Å². The molecular formula is C19H38N2O4. The van der Waals surface area contributed by atoms with Crippen LogP contribution in [0.15, 0.2) is 0 Å². The van der Waals surface area contributed by atoms with Gasteiger partial charge in [-0.25, -0.2) is 0 Å². The molecule has 2 N–H and O–H groups in total. The van der Waals surface area contributed by atoms with E-state index in [4.69, 9.17) is 9.47 Å². The Hall–Kier alpha value is -1.14. The van der Waals surface area contributed by atoms with Crippen LogP contribution in [0, 0.1) is 0 Å². The highest BCUT2D eigenvalue weighted by molar-refractivity contribution is 5.75. The first-order valence-electron chi connectivity index (χ1n) is 9.20. The SMILES string of the molecule is CCOC(=O)[C@H](C)NC(C)(C)CCC(C)OC(=O)[C@H](C)NC(C)(C)C. The zero-order chi connectivity index (χ0) is 19.8. The van der Waals surface area contributed by atoms with Crippen LogP contribution in [0.4, 0.5) is 0 Å². The van der Waals surface area contributed by atoms with E-state index in [1.165, 1.54) is 0 Å². The van der Waals surface area contributed by atoms with E-state index < -0.39 is 0 Å². The number of rotatable bonds is 10. The van der Waals surface area contributed by atoms with E-state index in [9.17, 15) is 9.59 Å². The highest BCUT2D eigenvalue weighted by Crippen LogP contribution is 2.16. The van der Waals surface area contributed by atoms with Crippen molar-refractivity contribution in [1.29, 1.82) is 0 Å². The molecule has 0 bridgehead atoms. The van der Waals surface area contributed by atoms with Crippen molar-refractivity contribution in [1.82, 2.24) is 10.6 Å². The minimum Gasteiger partial charge on any atom is -0.465 e. The normalized spacial score (nSPS) is 16.0. The van der Waals surface area contributed by atoms with E-state index >= 15 is 0 Å². The Bertz CT molecular complexity index is 430. The third-order valence-electron chi connectivity index (χ3n) is 3.74. The number of hydrogen-bond donors (Lipinski definition) is 2. The molecule has 0 aliphatic heterocycles. The summed E-state index contributed by atoms with van der Waals surface area (Å²) in [6.45, 7) is 17.8. The molecule has 0 heterocycles. The Morgan fingerprint density at radius 3 is 1.92 bits per heavy atom. The molecule has 0 radical (unpaired) electrons. The van der Waals surface area contributed by atoms with Crippen LogP contribution in [0.3, 0.4) is 0 Å². The predicted molar refractivity (Wildman–Crippen MR) is 100 cm³/mol. The van der Waals surface area contributed by atoms with Gasteiger partial charge in [-0.1, -0.05) is 0 Å². The highest BCUT2D eigenvalue weighted by Gasteiger charge is 2.26. The highest BCUT2D eigenvalue weighted by atomic mass is 16.5. The third-order valence-corrected chi connectivity index (χ3v) is 3.74. The number of carbonyl (C=O) groups excluding carboxylic acids is 2. The molecule has 3 atom stereocenters. The minimum absolute atomic E-state index is 0.142. The van der Waals surface area contributed by atoms with Gasteiger partial charge >= 0.3 is 11.9 Å². The average molecular weight is 359 g/mol. The van der Waals surface area contributed by atoms with Crippen LogP contribution in [-0.4, -0.2) is 47.8 Å². The fraction of sp³-hybridized carbons (Fsp3) is 0.895. The molecule has 0 aromatic carbocycles. The molecule has 0 aliphatic carbocycles. The summed E-state index contributed by atoms with van der Waals surface area (Å²) in [4.78, 5) is 23.9. The molecule has 0 fully saturated rings. The molecule has 6 nitrogen and oxygen atoms in total. The maximum absolute atomic E-state index is 12.1. The van der Waals surface area contributed by atoms with Gasteiger partial charge in [0.15, 0.2) is 0 Å². The van der Waals surface area contributed by atoms with Crippen molar-refractivity contribution in [3.05, 3.63) is 0 Å². The van der Waals surface area contributed by atoms with Gasteiger partial charge in [0.25, 0.3) is 0 Å². The van der Waals surface area contributed by atoms with Crippen LogP contribution in [0.2, 0.25) is 0 Å². The van der Waals surface area contributed by atoms with Crippen molar-refractivity contribution in [3.8, 4) is 0 Å². The number of hydrogen-bond acceptors (Lipinski definition) is 6. The molecule has 0 aromatic rings. The minimum atomic E-state index is -0.371. The maximum Gasteiger partial charge on any atom is 0.323 e. The zero-order valence-electron chi connectivity index (χ0n) is 17.5. The second-order valence-corrected chi connectivity index (χ2v) is 8.40. The van der Waals surface area contributed by atoms with E-state index in [1.807, 2.05) is 48.5 Å². The molecule has 0 spiro atoms. The lowest BCUT2D eigenvalue weighted by atomic mass is 9.95. The summed E-state index contributed by atoms with van der Waals surface area (Å²) in [5.74, 6) is -0.495. The predicted octanol–water partition coefficient (Wildman–Crippen LogP) is 2.79. The van der Waals surface area contributed by atoms with Crippen molar-refractivity contribution in [2.75, 3.05) is 6.61 Å². The second kappa shape index (κ2) is 10.1. The Morgan fingerprint density at radius 2 is 1.44 bits per heavy atom. The lowest BCUT2D eigenvalue weighted by Gasteiger charge is -2.31. The lowest BCUT2D eigenvalue weighted by molar-refractivity contribution is -0.151. The summed E-state index contributed by atoms with van der Waals surface area (Å²) >= 11 is 0. The molecule has 0 saturated carbocycles. The van der Waals surface area contributed by atoms with Crippen LogP contribution >= 0.6 is 0 Å². The summed E-state index contributed by atoms with van der Waals surface area (Å²) in [7, 11) is 0. The van der Waals surface area contributed by atoms with E-state index in [0.29, 0.717) is 13.0 Å². The van der Waals surface area contributed by atoms with Crippen LogP contribution in [0.25, 0.3) is 0 Å². The molecule has 148 valence electrons. The lowest BCUT2D eigenvalue weighted by Crippen LogP contribution is -2.49. The van der Waals surface area contributed by atoms with E-state index in [2.05, 4.69) is 10.6 Å². The van der Waals surface area contributed by atoms with E-state index in [-0.39, 0.29) is 41.2 Å². The fourth-order valence-electron chi connectivity index (χ4n) is 2.62. The fourth-order valence-corrected chi connectivity index (χ4v) is 2.62. The largest absolute Gasteiger partial charge is 0.465 e. The van der Waals surface area contributed by atoms with Gasteiger partial charge in [0, 0.05) is 11.1 Å². The number of esters is 2. The molecule has 0 aromatic heterocycles. The maximum atomic E-state index is 12.1. The van der Waals surface area contributed by atoms with Crippen LogP contribution in [-0.2, 0) is 19.1 Å². The summed E-state index contributed by atoms with van der Waals surface area (Å²) < 4.78 is 10.5. The number of nitrogens with one attached hydrogen (secondary N) is 2. The second-order valence-electron chi connectivity index (χ2n) is 8.40. The summed E-state index contributed by atoms with van der Waals surface area (Å²) in [6, 6.07) is -0.721. The first kappa shape index (κ1) is 23.9. The Morgan fingerprint density at radius 1 is 0.920 bits per heavy atom. The molecular weight excluding hydrogens is 320 g/mol. The molecule has 0 saturated heterocycles. The van der Waals surface area contributed by atoms with Crippen LogP contribution < -0.4 is 10.6 Å². The Kier molecular flexibility index (Phi) is 9.66. The van der Waals surface area contributed by atoms with Gasteiger partial charge in [-0.05, 0) is 75.2 Å². The molecule has 0 amide bonds. The van der Waals surface area contributed by atoms with Gasteiger partial charge in [-0.2, -0.15) is 0 Å². The van der Waals surface area contributed by atoms with Crippen LogP contribution in [0.5, 0.6) is 0 Å². The van der Waals surface area contributed by atoms with Gasteiger partial charge < -0.3 is 9.47 Å². The summed E-state index contributed by atoms with van der Waals surface area (Å²) in [5.41, 5.74) is -0.404. The Labute approximate surface area is 153 Å². The number of ether oxygens (including phenoxy) is 2. The molecule has 0 rings (SSSR count). The third kappa shape index (κ3) is 11.2. The monoisotopic (exact) mass is 358 g/mol. The Balaban J connectivity index is 4.36. The number of carbonyl (C=O) groups is 2. The first-order valence-corrected chi connectivity index (χ1v) is 9.20. The van der Waals surface area contributed by atoms with Crippen LogP contribution in [0.1, 0.15) is 75.2 Å².